The smallest absolute Gasteiger partial charge is 0.416 e. The summed E-state index contributed by atoms with van der Waals surface area (Å²) >= 11 is 0. The number of rotatable bonds is 3. The van der Waals surface area contributed by atoms with E-state index in [9.17, 15) is 17.6 Å². The molecule has 0 aliphatic heterocycles. The van der Waals surface area contributed by atoms with Crippen molar-refractivity contribution >= 4 is 5.69 Å². The Bertz CT molecular complexity index is 653. The maximum absolute atomic E-state index is 13.3. The van der Waals surface area contributed by atoms with E-state index in [-0.39, 0.29) is 23.6 Å². The lowest BCUT2D eigenvalue weighted by molar-refractivity contribution is -0.138. The van der Waals surface area contributed by atoms with E-state index >= 15 is 0 Å². The SMILES string of the molecule is Cc1ccc(OCc2ccc(N)cc2C(F)(F)F)cc1F. The van der Waals surface area contributed by atoms with Gasteiger partial charge in [0.1, 0.15) is 18.2 Å². The van der Waals surface area contributed by atoms with Crippen molar-refractivity contribution in [1.29, 1.82) is 0 Å². The van der Waals surface area contributed by atoms with Gasteiger partial charge in [0.05, 0.1) is 5.56 Å². The highest BCUT2D eigenvalue weighted by Crippen LogP contribution is 2.33. The first-order chi connectivity index (χ1) is 9.77. The highest BCUT2D eigenvalue weighted by molar-refractivity contribution is 5.46. The van der Waals surface area contributed by atoms with Crippen LogP contribution in [0.4, 0.5) is 23.2 Å². The summed E-state index contributed by atoms with van der Waals surface area (Å²) < 4.78 is 57.3. The van der Waals surface area contributed by atoms with E-state index in [2.05, 4.69) is 0 Å². The number of halogens is 4. The average Bonchev–Trinajstić information content (AvgIpc) is 2.40. The number of anilines is 1. The number of hydrogen-bond acceptors (Lipinski definition) is 2. The third kappa shape index (κ3) is 3.65. The summed E-state index contributed by atoms with van der Waals surface area (Å²) in [5.74, 6) is -0.302. The molecule has 0 bridgehead atoms. The Labute approximate surface area is 119 Å². The second-order valence-electron chi connectivity index (χ2n) is 4.61. The number of nitrogens with two attached hydrogens (primary N) is 1. The van der Waals surface area contributed by atoms with Crippen LogP contribution in [0.5, 0.6) is 5.75 Å². The fourth-order valence-corrected chi connectivity index (χ4v) is 1.81. The molecular weight excluding hydrogens is 286 g/mol. The highest BCUT2D eigenvalue weighted by atomic mass is 19.4. The van der Waals surface area contributed by atoms with Crippen LogP contribution < -0.4 is 10.5 Å². The zero-order valence-corrected chi connectivity index (χ0v) is 11.2. The van der Waals surface area contributed by atoms with Gasteiger partial charge in [0.25, 0.3) is 0 Å². The first kappa shape index (κ1) is 15.2. The predicted octanol–water partition coefficient (Wildman–Crippen LogP) is 4.31. The molecule has 0 amide bonds. The molecule has 0 aliphatic carbocycles. The normalized spacial score (nSPS) is 11.5. The molecule has 2 rings (SSSR count). The van der Waals surface area contributed by atoms with Crippen LogP contribution in [-0.2, 0) is 12.8 Å². The van der Waals surface area contributed by atoms with Crippen molar-refractivity contribution in [3.8, 4) is 5.75 Å². The van der Waals surface area contributed by atoms with Crippen LogP contribution >= 0.6 is 0 Å². The Morgan fingerprint density at radius 2 is 1.81 bits per heavy atom. The quantitative estimate of drug-likeness (QED) is 0.677. The van der Waals surface area contributed by atoms with Crippen LogP contribution in [0.1, 0.15) is 16.7 Å². The number of aryl methyl sites for hydroxylation is 1. The number of hydrogen-bond donors (Lipinski definition) is 1. The van der Waals surface area contributed by atoms with Gasteiger partial charge in [-0.05, 0) is 30.7 Å². The van der Waals surface area contributed by atoms with E-state index in [1.807, 2.05) is 0 Å². The Morgan fingerprint density at radius 3 is 2.43 bits per heavy atom. The predicted molar refractivity (Wildman–Crippen MR) is 71.3 cm³/mol. The van der Waals surface area contributed by atoms with Gasteiger partial charge in [-0.3, -0.25) is 0 Å². The van der Waals surface area contributed by atoms with E-state index < -0.39 is 17.6 Å². The van der Waals surface area contributed by atoms with Crippen LogP contribution in [0, 0.1) is 12.7 Å². The fraction of sp³-hybridized carbons (Fsp3) is 0.200. The molecule has 0 radical (unpaired) electrons. The number of nitrogen functional groups attached to an aromatic ring is 1. The molecule has 2 nitrogen and oxygen atoms in total. The van der Waals surface area contributed by atoms with Crippen LogP contribution in [-0.4, -0.2) is 0 Å². The minimum absolute atomic E-state index is 0.0208. The summed E-state index contributed by atoms with van der Waals surface area (Å²) in [6, 6.07) is 7.61. The van der Waals surface area contributed by atoms with Crippen molar-refractivity contribution in [2.45, 2.75) is 19.7 Å². The van der Waals surface area contributed by atoms with Gasteiger partial charge < -0.3 is 10.5 Å². The lowest BCUT2D eigenvalue weighted by Crippen LogP contribution is -2.11. The minimum Gasteiger partial charge on any atom is -0.489 e. The maximum Gasteiger partial charge on any atom is 0.416 e. The van der Waals surface area contributed by atoms with Gasteiger partial charge in [-0.2, -0.15) is 13.2 Å². The van der Waals surface area contributed by atoms with Gasteiger partial charge in [0.15, 0.2) is 0 Å². The van der Waals surface area contributed by atoms with Gasteiger partial charge in [-0.1, -0.05) is 12.1 Å². The second kappa shape index (κ2) is 5.63. The van der Waals surface area contributed by atoms with E-state index in [4.69, 9.17) is 10.5 Å². The Kier molecular flexibility index (Phi) is 4.06. The van der Waals surface area contributed by atoms with Crippen molar-refractivity contribution < 1.29 is 22.3 Å². The lowest BCUT2D eigenvalue weighted by Gasteiger charge is -2.14. The summed E-state index contributed by atoms with van der Waals surface area (Å²) in [5.41, 5.74) is 4.92. The van der Waals surface area contributed by atoms with Gasteiger partial charge in [0.2, 0.25) is 0 Å². The minimum atomic E-state index is -4.52. The highest BCUT2D eigenvalue weighted by Gasteiger charge is 2.33. The molecule has 0 fully saturated rings. The van der Waals surface area contributed by atoms with Crippen LogP contribution in [0.25, 0.3) is 0 Å². The molecule has 2 aromatic rings. The van der Waals surface area contributed by atoms with Crippen molar-refractivity contribution in [3.05, 3.63) is 58.9 Å². The summed E-state index contributed by atoms with van der Waals surface area (Å²) in [4.78, 5) is 0. The summed E-state index contributed by atoms with van der Waals surface area (Å²) in [6.45, 7) is 1.26. The summed E-state index contributed by atoms with van der Waals surface area (Å²) in [7, 11) is 0. The van der Waals surface area contributed by atoms with Gasteiger partial charge in [-0.25, -0.2) is 4.39 Å². The fourth-order valence-electron chi connectivity index (χ4n) is 1.81. The Balaban J connectivity index is 2.22. The number of alkyl halides is 3. The third-order valence-corrected chi connectivity index (χ3v) is 2.98. The van der Waals surface area contributed by atoms with Crippen LogP contribution in [0.2, 0.25) is 0 Å². The molecule has 2 N–H and O–H groups in total. The molecule has 0 spiro atoms. The molecule has 0 heterocycles. The molecule has 112 valence electrons. The molecule has 0 saturated carbocycles. The van der Waals surface area contributed by atoms with E-state index in [0.717, 1.165) is 12.1 Å². The molecule has 0 unspecified atom stereocenters. The standard InChI is InChI=1S/C15H13F4NO/c1-9-2-5-12(7-14(9)16)21-8-10-3-4-11(20)6-13(10)15(17,18)19/h2-7H,8,20H2,1H3. The largest absolute Gasteiger partial charge is 0.489 e. The molecule has 0 atom stereocenters. The first-order valence-electron chi connectivity index (χ1n) is 6.12. The topological polar surface area (TPSA) is 35.2 Å². The average molecular weight is 299 g/mol. The third-order valence-electron chi connectivity index (χ3n) is 2.98. The molecule has 6 heteroatoms. The van der Waals surface area contributed by atoms with E-state index in [0.29, 0.717) is 5.56 Å². The van der Waals surface area contributed by atoms with Gasteiger partial charge in [-0.15, -0.1) is 0 Å². The molecule has 0 aromatic heterocycles. The van der Waals surface area contributed by atoms with Gasteiger partial charge in [0, 0.05) is 17.3 Å². The van der Waals surface area contributed by atoms with E-state index in [1.54, 1.807) is 6.92 Å². The van der Waals surface area contributed by atoms with Crippen molar-refractivity contribution in [3.63, 3.8) is 0 Å². The number of ether oxygens (including phenoxy) is 1. The zero-order chi connectivity index (χ0) is 15.6. The maximum atomic E-state index is 13.3. The summed E-state index contributed by atoms with van der Waals surface area (Å²) in [6.07, 6.45) is -4.52. The Morgan fingerprint density at radius 1 is 1.10 bits per heavy atom. The van der Waals surface area contributed by atoms with Gasteiger partial charge >= 0.3 is 6.18 Å². The van der Waals surface area contributed by atoms with Crippen molar-refractivity contribution in [2.75, 3.05) is 5.73 Å². The van der Waals surface area contributed by atoms with Crippen LogP contribution in [0.3, 0.4) is 0 Å². The summed E-state index contributed by atoms with van der Waals surface area (Å²) in [5, 5.41) is 0. The second-order valence-corrected chi connectivity index (χ2v) is 4.61. The lowest BCUT2D eigenvalue weighted by atomic mass is 10.1. The van der Waals surface area contributed by atoms with E-state index in [1.165, 1.54) is 24.3 Å². The number of benzene rings is 2. The molecular formula is C15H13F4NO. The molecule has 0 saturated heterocycles. The molecule has 2 aromatic carbocycles. The Hall–Kier alpha value is -2.24. The zero-order valence-electron chi connectivity index (χ0n) is 11.2. The van der Waals surface area contributed by atoms with Crippen LogP contribution in [0.15, 0.2) is 36.4 Å². The molecule has 0 aliphatic rings. The van der Waals surface area contributed by atoms with Crippen molar-refractivity contribution in [1.82, 2.24) is 0 Å². The first-order valence-corrected chi connectivity index (χ1v) is 6.12. The molecule has 21 heavy (non-hydrogen) atoms. The van der Waals surface area contributed by atoms with Crippen molar-refractivity contribution in [2.24, 2.45) is 0 Å². The monoisotopic (exact) mass is 299 g/mol.